The summed E-state index contributed by atoms with van der Waals surface area (Å²) in [4.78, 5) is 11.4. The lowest BCUT2D eigenvalue weighted by Crippen LogP contribution is -2.45. The van der Waals surface area contributed by atoms with E-state index in [-0.39, 0.29) is 0 Å². The van der Waals surface area contributed by atoms with Crippen LogP contribution >= 0.6 is 11.3 Å². The predicted octanol–water partition coefficient (Wildman–Crippen LogP) is 2.27. The number of aryl methyl sites for hydroxylation is 1. The molecule has 0 unspecified atom stereocenters. The number of anilines is 1. The van der Waals surface area contributed by atoms with Gasteiger partial charge in [0, 0.05) is 25.2 Å². The van der Waals surface area contributed by atoms with E-state index in [1.54, 1.807) is 17.7 Å². The Morgan fingerprint density at radius 2 is 2.29 bits per heavy atom. The highest BCUT2D eigenvalue weighted by atomic mass is 32.1. The Bertz CT molecular complexity index is 658. The molecule has 0 amide bonds. The number of ether oxygens (including phenoxy) is 1. The summed E-state index contributed by atoms with van der Waals surface area (Å²) in [5.74, 6) is 0.983. The highest BCUT2D eigenvalue weighted by Crippen LogP contribution is 2.31. The first kappa shape index (κ1) is 13.4. The van der Waals surface area contributed by atoms with Gasteiger partial charge in [0.05, 0.1) is 22.9 Å². The third-order valence-electron chi connectivity index (χ3n) is 4.46. The maximum absolute atomic E-state index is 5.77. The lowest BCUT2D eigenvalue weighted by atomic mass is 10.1. The normalized spacial score (nSPS) is 29.7. The number of morpholine rings is 1. The minimum Gasteiger partial charge on any atom is -0.376 e. The second-order valence-electron chi connectivity index (χ2n) is 6.15. The lowest BCUT2D eigenvalue weighted by molar-refractivity contribution is -0.0390. The highest BCUT2D eigenvalue weighted by molar-refractivity contribution is 7.18. The van der Waals surface area contributed by atoms with Crippen LogP contribution in [0, 0.1) is 6.92 Å². The fraction of sp³-hybridized carbons (Fsp3) is 0.600. The quantitative estimate of drug-likeness (QED) is 0.922. The Kier molecular flexibility index (Phi) is 3.32. The molecule has 0 radical (unpaired) electrons. The minimum absolute atomic E-state index is 0.353. The van der Waals surface area contributed by atoms with Crippen molar-refractivity contribution >= 4 is 27.4 Å². The topological polar surface area (TPSA) is 50.3 Å². The van der Waals surface area contributed by atoms with Crippen molar-refractivity contribution in [2.45, 2.75) is 38.5 Å². The van der Waals surface area contributed by atoms with Gasteiger partial charge in [-0.1, -0.05) is 0 Å². The first-order chi connectivity index (χ1) is 10.2. The van der Waals surface area contributed by atoms with Crippen LogP contribution in [0.1, 0.15) is 18.9 Å². The molecule has 0 bridgehead atoms. The van der Waals surface area contributed by atoms with Crippen LogP contribution in [0.15, 0.2) is 11.7 Å². The number of rotatable bonds is 2. The highest BCUT2D eigenvalue weighted by Gasteiger charge is 2.36. The molecule has 2 aliphatic heterocycles. The summed E-state index contributed by atoms with van der Waals surface area (Å²) in [6.45, 7) is 7.23. The van der Waals surface area contributed by atoms with Crippen molar-refractivity contribution in [3.05, 3.63) is 17.3 Å². The molecule has 0 aliphatic carbocycles. The monoisotopic (exact) mass is 304 g/mol. The molecule has 2 saturated heterocycles. The smallest absolute Gasteiger partial charge is 0.147 e. The molecule has 2 aliphatic rings. The molecule has 4 rings (SSSR count). The molecule has 1 N–H and O–H groups in total. The van der Waals surface area contributed by atoms with Crippen molar-refractivity contribution in [3.63, 3.8) is 0 Å². The number of aromatic nitrogens is 2. The molecule has 0 saturated carbocycles. The molecule has 21 heavy (non-hydrogen) atoms. The average molecular weight is 304 g/mol. The average Bonchev–Trinajstić information content (AvgIpc) is 3.03. The fourth-order valence-corrected chi connectivity index (χ4v) is 4.36. The second kappa shape index (κ2) is 5.19. The molecule has 2 aromatic rings. The van der Waals surface area contributed by atoms with Gasteiger partial charge < -0.3 is 10.1 Å². The Morgan fingerprint density at radius 3 is 3.19 bits per heavy atom. The van der Waals surface area contributed by atoms with Gasteiger partial charge in [0.25, 0.3) is 0 Å². The molecule has 4 heterocycles. The van der Waals surface area contributed by atoms with Crippen LogP contribution in [0.3, 0.4) is 0 Å². The zero-order chi connectivity index (χ0) is 14.4. The SMILES string of the molecule is Cc1csc2c(N[C@@H]3C[C@H]4CO[C@H](C)CN4C3)ncnc12. The van der Waals surface area contributed by atoms with Gasteiger partial charge in [-0.05, 0) is 31.2 Å². The summed E-state index contributed by atoms with van der Waals surface area (Å²) < 4.78 is 6.94. The third-order valence-corrected chi connectivity index (χ3v) is 5.56. The van der Waals surface area contributed by atoms with Gasteiger partial charge in [0.2, 0.25) is 0 Å². The summed E-state index contributed by atoms with van der Waals surface area (Å²) in [6, 6.07) is 1.01. The zero-order valence-corrected chi connectivity index (χ0v) is 13.2. The van der Waals surface area contributed by atoms with Gasteiger partial charge in [-0.2, -0.15) is 0 Å². The third kappa shape index (κ3) is 2.41. The molecular weight excluding hydrogens is 284 g/mol. The van der Waals surface area contributed by atoms with E-state index in [0.717, 1.165) is 37.5 Å². The van der Waals surface area contributed by atoms with Crippen LogP contribution < -0.4 is 5.32 Å². The van der Waals surface area contributed by atoms with Gasteiger partial charge in [-0.3, -0.25) is 4.90 Å². The van der Waals surface area contributed by atoms with Crippen molar-refractivity contribution in [2.75, 3.05) is 25.0 Å². The second-order valence-corrected chi connectivity index (χ2v) is 7.03. The first-order valence-electron chi connectivity index (χ1n) is 7.51. The minimum atomic E-state index is 0.353. The molecule has 2 aromatic heterocycles. The number of thiophene rings is 1. The van der Waals surface area contributed by atoms with Crippen LogP contribution in [0.25, 0.3) is 10.2 Å². The molecule has 0 aromatic carbocycles. The van der Waals surface area contributed by atoms with Gasteiger partial charge in [0.1, 0.15) is 12.1 Å². The van der Waals surface area contributed by atoms with Crippen LogP contribution in [0.4, 0.5) is 5.82 Å². The van der Waals surface area contributed by atoms with Crippen LogP contribution in [-0.2, 0) is 4.74 Å². The summed E-state index contributed by atoms with van der Waals surface area (Å²) >= 11 is 1.72. The number of hydrogen-bond donors (Lipinski definition) is 1. The standard InChI is InChI=1S/C15H20N4OS/c1-9-7-21-14-13(9)16-8-17-15(14)18-11-3-12-6-20-10(2)4-19(12)5-11/h7-8,10-12H,3-6H2,1-2H3,(H,16,17,18)/t10-,11-,12+/m1/s1. The largest absolute Gasteiger partial charge is 0.376 e. The number of hydrogen-bond acceptors (Lipinski definition) is 6. The Morgan fingerprint density at radius 1 is 1.38 bits per heavy atom. The van der Waals surface area contributed by atoms with Crippen LogP contribution in [-0.4, -0.2) is 52.8 Å². The Labute approximate surface area is 128 Å². The fourth-order valence-electron chi connectivity index (χ4n) is 3.41. The number of fused-ring (bicyclic) bond motifs is 2. The summed E-state index contributed by atoms with van der Waals surface area (Å²) in [5.41, 5.74) is 2.30. The lowest BCUT2D eigenvalue weighted by Gasteiger charge is -2.33. The molecule has 0 spiro atoms. The van der Waals surface area contributed by atoms with E-state index in [0.29, 0.717) is 18.2 Å². The van der Waals surface area contributed by atoms with Crippen molar-refractivity contribution in [2.24, 2.45) is 0 Å². The first-order valence-corrected chi connectivity index (χ1v) is 8.39. The zero-order valence-electron chi connectivity index (χ0n) is 12.4. The Balaban J connectivity index is 1.53. The van der Waals surface area contributed by atoms with Crippen LogP contribution in [0.5, 0.6) is 0 Å². The van der Waals surface area contributed by atoms with E-state index >= 15 is 0 Å². The molecule has 2 fully saturated rings. The van der Waals surface area contributed by atoms with Crippen molar-refractivity contribution in [3.8, 4) is 0 Å². The van der Waals surface area contributed by atoms with Crippen molar-refractivity contribution in [1.29, 1.82) is 0 Å². The molecular formula is C15H20N4OS. The van der Waals surface area contributed by atoms with E-state index in [9.17, 15) is 0 Å². The maximum Gasteiger partial charge on any atom is 0.147 e. The van der Waals surface area contributed by atoms with Crippen LogP contribution in [0.2, 0.25) is 0 Å². The van der Waals surface area contributed by atoms with Gasteiger partial charge in [-0.25, -0.2) is 9.97 Å². The summed E-state index contributed by atoms with van der Waals surface area (Å²) in [6.07, 6.45) is 3.14. The van der Waals surface area contributed by atoms with E-state index < -0.39 is 0 Å². The molecule has 112 valence electrons. The van der Waals surface area contributed by atoms with Gasteiger partial charge in [-0.15, -0.1) is 11.3 Å². The van der Waals surface area contributed by atoms with E-state index in [1.807, 2.05) is 0 Å². The molecule has 5 nitrogen and oxygen atoms in total. The van der Waals surface area contributed by atoms with Gasteiger partial charge >= 0.3 is 0 Å². The maximum atomic E-state index is 5.77. The van der Waals surface area contributed by atoms with E-state index in [4.69, 9.17) is 4.74 Å². The predicted molar refractivity (Wildman–Crippen MR) is 85.0 cm³/mol. The molecule has 6 heteroatoms. The molecule has 3 atom stereocenters. The van der Waals surface area contributed by atoms with Crippen molar-refractivity contribution < 1.29 is 4.74 Å². The van der Waals surface area contributed by atoms with Crippen molar-refractivity contribution in [1.82, 2.24) is 14.9 Å². The summed E-state index contributed by atoms with van der Waals surface area (Å²) in [7, 11) is 0. The van der Waals surface area contributed by atoms with Gasteiger partial charge in [0.15, 0.2) is 0 Å². The van der Waals surface area contributed by atoms with E-state index in [2.05, 4.69) is 39.4 Å². The van der Waals surface area contributed by atoms with E-state index in [1.165, 1.54) is 10.3 Å². The number of nitrogens with one attached hydrogen (secondary N) is 1. The summed E-state index contributed by atoms with van der Waals surface area (Å²) in [5, 5.41) is 5.78. The number of nitrogens with zero attached hydrogens (tertiary/aromatic N) is 3. The Hall–Kier alpha value is -1.24.